The van der Waals surface area contributed by atoms with Crippen LogP contribution in [0.1, 0.15) is 59.1 Å². The lowest BCUT2D eigenvalue weighted by Crippen LogP contribution is -2.53. The number of nitrogens with one attached hydrogen (secondary N) is 1. The lowest BCUT2D eigenvalue weighted by molar-refractivity contribution is -0.127. The van der Waals surface area contributed by atoms with Crippen molar-refractivity contribution in [1.29, 1.82) is 0 Å². The number of carbonyl (C=O) groups is 1. The van der Waals surface area contributed by atoms with Crippen molar-refractivity contribution in [1.82, 2.24) is 5.32 Å². The highest BCUT2D eigenvalue weighted by Gasteiger charge is 2.30. The van der Waals surface area contributed by atoms with Crippen molar-refractivity contribution < 1.29 is 9.53 Å². The van der Waals surface area contributed by atoms with Crippen LogP contribution in [-0.2, 0) is 4.79 Å². The molecular formula is C17H28N2O2. The van der Waals surface area contributed by atoms with Gasteiger partial charge in [-0.2, -0.15) is 0 Å². The first-order valence-electron chi connectivity index (χ1n) is 7.68. The van der Waals surface area contributed by atoms with Crippen LogP contribution in [0.5, 0.6) is 5.75 Å². The van der Waals surface area contributed by atoms with Crippen LogP contribution >= 0.6 is 0 Å². The number of carbonyl (C=O) groups excluding carboxylic acids is 1. The molecular weight excluding hydrogens is 264 g/mol. The van der Waals surface area contributed by atoms with E-state index in [1.165, 1.54) is 0 Å². The van der Waals surface area contributed by atoms with Crippen molar-refractivity contribution in [2.45, 2.75) is 65.1 Å². The van der Waals surface area contributed by atoms with Crippen LogP contribution < -0.4 is 15.8 Å². The number of rotatable bonds is 7. The Kier molecular flexibility index (Phi) is 6.21. The van der Waals surface area contributed by atoms with Crippen molar-refractivity contribution in [3.8, 4) is 5.75 Å². The second kappa shape index (κ2) is 7.46. The van der Waals surface area contributed by atoms with Crippen LogP contribution in [0.4, 0.5) is 0 Å². The molecule has 1 unspecified atom stereocenters. The highest BCUT2D eigenvalue weighted by molar-refractivity contribution is 5.86. The summed E-state index contributed by atoms with van der Waals surface area (Å²) in [5, 5.41) is 2.99. The molecule has 1 atom stereocenters. The standard InChI is InChI=1S/C17H28N2O2/c1-6-17(18,7-2)16(20)19-13(5)14-8-10-15(11-9-14)21-12(3)4/h8-13H,6-7,18H2,1-5H3,(H,19,20). The average molecular weight is 292 g/mol. The molecule has 0 spiro atoms. The third-order valence-corrected chi connectivity index (χ3v) is 3.81. The third kappa shape index (κ3) is 4.74. The van der Waals surface area contributed by atoms with Crippen LogP contribution in [0.2, 0.25) is 0 Å². The second-order valence-corrected chi connectivity index (χ2v) is 5.79. The molecule has 118 valence electrons. The largest absolute Gasteiger partial charge is 0.491 e. The summed E-state index contributed by atoms with van der Waals surface area (Å²) in [6, 6.07) is 7.71. The normalized spacial score (nSPS) is 13.1. The molecule has 0 fully saturated rings. The fourth-order valence-corrected chi connectivity index (χ4v) is 2.10. The molecule has 3 N–H and O–H groups in total. The van der Waals surface area contributed by atoms with Gasteiger partial charge in [-0.05, 0) is 51.3 Å². The van der Waals surface area contributed by atoms with E-state index < -0.39 is 5.54 Å². The Morgan fingerprint density at radius 3 is 2.14 bits per heavy atom. The molecule has 0 bridgehead atoms. The van der Waals surface area contributed by atoms with E-state index in [4.69, 9.17) is 10.5 Å². The third-order valence-electron chi connectivity index (χ3n) is 3.81. The quantitative estimate of drug-likeness (QED) is 0.811. The minimum Gasteiger partial charge on any atom is -0.491 e. The van der Waals surface area contributed by atoms with Gasteiger partial charge in [0, 0.05) is 0 Å². The Balaban J connectivity index is 2.71. The molecule has 1 aromatic carbocycles. The number of hydrogen-bond acceptors (Lipinski definition) is 3. The molecule has 0 saturated heterocycles. The van der Waals surface area contributed by atoms with Gasteiger partial charge in [0.05, 0.1) is 17.7 Å². The van der Waals surface area contributed by atoms with E-state index in [0.717, 1.165) is 11.3 Å². The van der Waals surface area contributed by atoms with E-state index in [9.17, 15) is 4.79 Å². The molecule has 4 heteroatoms. The summed E-state index contributed by atoms with van der Waals surface area (Å²) >= 11 is 0. The molecule has 0 aliphatic heterocycles. The van der Waals surface area contributed by atoms with Crippen molar-refractivity contribution in [2.75, 3.05) is 0 Å². The topological polar surface area (TPSA) is 64.4 Å². The van der Waals surface area contributed by atoms with Crippen molar-refractivity contribution in [3.05, 3.63) is 29.8 Å². The Bertz CT molecular complexity index is 450. The first-order valence-corrected chi connectivity index (χ1v) is 7.68. The maximum Gasteiger partial charge on any atom is 0.240 e. The number of hydrogen-bond donors (Lipinski definition) is 2. The van der Waals surface area contributed by atoms with E-state index in [1.54, 1.807) is 0 Å². The first-order chi connectivity index (χ1) is 9.82. The minimum absolute atomic E-state index is 0.0772. The van der Waals surface area contributed by atoms with Crippen LogP contribution in [0.15, 0.2) is 24.3 Å². The molecule has 1 aromatic rings. The van der Waals surface area contributed by atoms with Gasteiger partial charge in [-0.25, -0.2) is 0 Å². The average Bonchev–Trinajstić information content (AvgIpc) is 2.46. The summed E-state index contributed by atoms with van der Waals surface area (Å²) in [5.41, 5.74) is 6.37. The van der Waals surface area contributed by atoms with E-state index in [1.807, 2.05) is 58.9 Å². The van der Waals surface area contributed by atoms with Gasteiger partial charge >= 0.3 is 0 Å². The highest BCUT2D eigenvalue weighted by atomic mass is 16.5. The first kappa shape index (κ1) is 17.5. The molecule has 0 aliphatic rings. The maximum atomic E-state index is 12.3. The van der Waals surface area contributed by atoms with Gasteiger partial charge in [0.2, 0.25) is 5.91 Å². The summed E-state index contributed by atoms with van der Waals surface area (Å²) < 4.78 is 5.61. The minimum atomic E-state index is -0.783. The maximum absolute atomic E-state index is 12.3. The molecule has 0 heterocycles. The van der Waals surface area contributed by atoms with E-state index in [-0.39, 0.29) is 18.1 Å². The van der Waals surface area contributed by atoms with Crippen LogP contribution in [0.3, 0.4) is 0 Å². The second-order valence-electron chi connectivity index (χ2n) is 5.79. The monoisotopic (exact) mass is 292 g/mol. The van der Waals surface area contributed by atoms with Crippen molar-refractivity contribution >= 4 is 5.91 Å². The van der Waals surface area contributed by atoms with Gasteiger partial charge in [-0.1, -0.05) is 26.0 Å². The number of nitrogens with two attached hydrogens (primary N) is 1. The number of ether oxygens (including phenoxy) is 1. The molecule has 0 aromatic heterocycles. The molecule has 0 aliphatic carbocycles. The van der Waals surface area contributed by atoms with Crippen molar-refractivity contribution in [3.63, 3.8) is 0 Å². The van der Waals surface area contributed by atoms with Crippen LogP contribution in [-0.4, -0.2) is 17.6 Å². The van der Waals surface area contributed by atoms with E-state index in [0.29, 0.717) is 12.8 Å². The zero-order valence-corrected chi connectivity index (χ0v) is 13.8. The molecule has 0 saturated carbocycles. The zero-order chi connectivity index (χ0) is 16.0. The fourth-order valence-electron chi connectivity index (χ4n) is 2.10. The summed E-state index contributed by atoms with van der Waals surface area (Å²) in [5.74, 6) is 0.741. The van der Waals surface area contributed by atoms with Gasteiger partial charge in [-0.15, -0.1) is 0 Å². The Labute approximate surface area is 128 Å². The summed E-state index contributed by atoms with van der Waals surface area (Å²) in [6.45, 7) is 9.82. The fraction of sp³-hybridized carbons (Fsp3) is 0.588. The number of amides is 1. The van der Waals surface area contributed by atoms with E-state index >= 15 is 0 Å². The van der Waals surface area contributed by atoms with Gasteiger partial charge < -0.3 is 15.8 Å². The smallest absolute Gasteiger partial charge is 0.240 e. The number of benzene rings is 1. The lowest BCUT2D eigenvalue weighted by atomic mass is 9.92. The molecule has 4 nitrogen and oxygen atoms in total. The van der Waals surface area contributed by atoms with Gasteiger partial charge in [0.25, 0.3) is 0 Å². The summed E-state index contributed by atoms with van der Waals surface area (Å²) in [4.78, 5) is 12.3. The summed E-state index contributed by atoms with van der Waals surface area (Å²) in [6.07, 6.45) is 1.41. The molecule has 0 radical (unpaired) electrons. The molecule has 1 amide bonds. The van der Waals surface area contributed by atoms with Crippen LogP contribution in [0, 0.1) is 0 Å². The van der Waals surface area contributed by atoms with E-state index in [2.05, 4.69) is 5.32 Å². The SMILES string of the molecule is CCC(N)(CC)C(=O)NC(C)c1ccc(OC(C)C)cc1. The van der Waals surface area contributed by atoms with Crippen LogP contribution in [0.25, 0.3) is 0 Å². The predicted molar refractivity (Wildman–Crippen MR) is 86.3 cm³/mol. The molecule has 21 heavy (non-hydrogen) atoms. The Hall–Kier alpha value is -1.55. The highest BCUT2D eigenvalue weighted by Crippen LogP contribution is 2.20. The zero-order valence-electron chi connectivity index (χ0n) is 13.8. The van der Waals surface area contributed by atoms with Crippen molar-refractivity contribution in [2.24, 2.45) is 5.73 Å². The van der Waals surface area contributed by atoms with Gasteiger partial charge in [0.15, 0.2) is 0 Å². The molecule has 1 rings (SSSR count). The van der Waals surface area contributed by atoms with Gasteiger partial charge in [0.1, 0.15) is 5.75 Å². The predicted octanol–water partition coefficient (Wildman–Crippen LogP) is 3.17. The Morgan fingerprint density at radius 1 is 1.19 bits per heavy atom. The lowest BCUT2D eigenvalue weighted by Gasteiger charge is -2.27. The van der Waals surface area contributed by atoms with Gasteiger partial charge in [-0.3, -0.25) is 4.79 Å². The Morgan fingerprint density at radius 2 is 1.71 bits per heavy atom. The summed E-state index contributed by atoms with van der Waals surface area (Å²) in [7, 11) is 0.